The standard InChI is InChI=1S/C21H22N2O6/c24-14-16-8-10-20(22(26)27)18(12-16)6-4-2-1-3-5-7-19-13-17(15-25)9-11-21(19)23(28)29/h8-15H,1-7H2. The minimum absolute atomic E-state index is 0.0259. The molecule has 0 N–H and O–H groups in total. The first-order valence-electron chi connectivity index (χ1n) is 9.41. The zero-order valence-corrected chi connectivity index (χ0v) is 15.9. The average molecular weight is 398 g/mol. The second kappa shape index (κ2) is 10.8. The van der Waals surface area contributed by atoms with Crippen molar-refractivity contribution in [3.8, 4) is 0 Å². The van der Waals surface area contributed by atoms with Gasteiger partial charge >= 0.3 is 0 Å². The fourth-order valence-corrected chi connectivity index (χ4v) is 3.28. The number of carbonyl (C=O) groups is 2. The molecule has 0 aliphatic carbocycles. The van der Waals surface area contributed by atoms with Crippen molar-refractivity contribution in [2.24, 2.45) is 0 Å². The van der Waals surface area contributed by atoms with E-state index in [9.17, 15) is 29.8 Å². The van der Waals surface area contributed by atoms with Crippen molar-refractivity contribution < 1.29 is 19.4 Å². The summed E-state index contributed by atoms with van der Waals surface area (Å²) in [6.45, 7) is 0. The van der Waals surface area contributed by atoms with E-state index in [1.54, 1.807) is 12.1 Å². The number of nitro groups is 2. The molecule has 0 saturated carbocycles. The molecule has 2 aromatic rings. The third kappa shape index (κ3) is 6.31. The summed E-state index contributed by atoms with van der Waals surface area (Å²) in [5.41, 5.74) is 2.01. The van der Waals surface area contributed by atoms with Gasteiger partial charge in [-0.15, -0.1) is 0 Å². The van der Waals surface area contributed by atoms with Crippen LogP contribution in [0.3, 0.4) is 0 Å². The number of nitro benzene ring substituents is 2. The van der Waals surface area contributed by atoms with Crippen LogP contribution in [0.5, 0.6) is 0 Å². The second-order valence-corrected chi connectivity index (χ2v) is 6.79. The van der Waals surface area contributed by atoms with Gasteiger partial charge in [-0.3, -0.25) is 29.8 Å². The normalized spacial score (nSPS) is 10.5. The van der Waals surface area contributed by atoms with Crippen LogP contribution in [0.4, 0.5) is 11.4 Å². The average Bonchev–Trinajstić information content (AvgIpc) is 2.72. The lowest BCUT2D eigenvalue weighted by Gasteiger charge is -2.06. The third-order valence-corrected chi connectivity index (χ3v) is 4.76. The Balaban J connectivity index is 1.80. The molecule has 0 aliphatic heterocycles. The van der Waals surface area contributed by atoms with E-state index < -0.39 is 9.85 Å². The summed E-state index contributed by atoms with van der Waals surface area (Å²) in [5.74, 6) is 0. The summed E-state index contributed by atoms with van der Waals surface area (Å²) in [4.78, 5) is 43.1. The number of benzene rings is 2. The van der Waals surface area contributed by atoms with Crippen molar-refractivity contribution in [3.63, 3.8) is 0 Å². The molecule has 0 saturated heterocycles. The molecule has 0 spiro atoms. The first-order valence-corrected chi connectivity index (χ1v) is 9.41. The van der Waals surface area contributed by atoms with E-state index in [-0.39, 0.29) is 11.4 Å². The molecule has 0 radical (unpaired) electrons. The second-order valence-electron chi connectivity index (χ2n) is 6.79. The number of aryl methyl sites for hydroxylation is 2. The number of carbonyl (C=O) groups excluding carboxylic acids is 2. The Hall–Kier alpha value is -3.42. The van der Waals surface area contributed by atoms with Gasteiger partial charge in [0, 0.05) is 34.4 Å². The highest BCUT2D eigenvalue weighted by molar-refractivity contribution is 5.76. The van der Waals surface area contributed by atoms with Crippen LogP contribution >= 0.6 is 0 Å². The molecule has 0 atom stereocenters. The van der Waals surface area contributed by atoms with E-state index >= 15 is 0 Å². The Kier molecular flexibility index (Phi) is 8.14. The summed E-state index contributed by atoms with van der Waals surface area (Å²) >= 11 is 0. The van der Waals surface area contributed by atoms with Crippen LogP contribution in [-0.4, -0.2) is 22.4 Å². The fourth-order valence-electron chi connectivity index (χ4n) is 3.28. The van der Waals surface area contributed by atoms with Crippen molar-refractivity contribution in [1.82, 2.24) is 0 Å². The summed E-state index contributed by atoms with van der Waals surface area (Å²) < 4.78 is 0. The molecule has 2 rings (SSSR count). The molecule has 0 heterocycles. The van der Waals surface area contributed by atoms with Crippen LogP contribution in [0.15, 0.2) is 36.4 Å². The first kappa shape index (κ1) is 21.9. The maximum atomic E-state index is 11.1. The Bertz CT molecular complexity index is 837. The predicted molar refractivity (Wildman–Crippen MR) is 107 cm³/mol. The van der Waals surface area contributed by atoms with Crippen molar-refractivity contribution >= 4 is 23.9 Å². The van der Waals surface area contributed by atoms with Crippen LogP contribution in [0.25, 0.3) is 0 Å². The van der Waals surface area contributed by atoms with E-state index in [1.165, 1.54) is 24.3 Å². The highest BCUT2D eigenvalue weighted by Gasteiger charge is 2.15. The zero-order chi connectivity index (χ0) is 21.2. The van der Waals surface area contributed by atoms with Gasteiger partial charge in [-0.25, -0.2) is 0 Å². The highest BCUT2D eigenvalue weighted by atomic mass is 16.6. The molecule has 29 heavy (non-hydrogen) atoms. The van der Waals surface area contributed by atoms with Crippen LogP contribution in [0, 0.1) is 20.2 Å². The molecular formula is C21H22N2O6. The van der Waals surface area contributed by atoms with E-state index in [0.29, 0.717) is 47.7 Å². The predicted octanol–water partition coefficient (Wildman–Crippen LogP) is 4.86. The molecular weight excluding hydrogens is 376 g/mol. The van der Waals surface area contributed by atoms with Crippen LogP contribution in [0.1, 0.15) is 63.9 Å². The quantitative estimate of drug-likeness (QED) is 0.218. The zero-order valence-electron chi connectivity index (χ0n) is 15.9. The van der Waals surface area contributed by atoms with Crippen molar-refractivity contribution in [2.45, 2.75) is 44.9 Å². The van der Waals surface area contributed by atoms with Gasteiger partial charge in [-0.1, -0.05) is 19.3 Å². The van der Waals surface area contributed by atoms with E-state index in [0.717, 1.165) is 32.1 Å². The first-order chi connectivity index (χ1) is 14.0. The molecule has 152 valence electrons. The minimum Gasteiger partial charge on any atom is -0.298 e. The summed E-state index contributed by atoms with van der Waals surface area (Å²) in [7, 11) is 0. The summed E-state index contributed by atoms with van der Waals surface area (Å²) in [6.07, 6.45) is 6.50. The molecule has 0 aliphatic rings. The van der Waals surface area contributed by atoms with Gasteiger partial charge in [0.2, 0.25) is 0 Å². The largest absolute Gasteiger partial charge is 0.298 e. The number of unbranched alkanes of at least 4 members (excludes halogenated alkanes) is 4. The minimum atomic E-state index is -0.440. The maximum absolute atomic E-state index is 11.1. The SMILES string of the molecule is O=Cc1ccc([N+](=O)[O-])c(CCCCCCCc2cc(C=O)ccc2[N+](=O)[O-])c1. The number of aldehydes is 2. The van der Waals surface area contributed by atoms with Gasteiger partial charge in [0.05, 0.1) is 9.85 Å². The van der Waals surface area contributed by atoms with Gasteiger partial charge in [0.15, 0.2) is 0 Å². The molecule has 0 aromatic heterocycles. The molecule has 8 heteroatoms. The van der Waals surface area contributed by atoms with Gasteiger partial charge in [0.25, 0.3) is 11.4 Å². The van der Waals surface area contributed by atoms with Gasteiger partial charge in [0.1, 0.15) is 12.6 Å². The third-order valence-electron chi connectivity index (χ3n) is 4.76. The smallest absolute Gasteiger partial charge is 0.272 e. The van der Waals surface area contributed by atoms with Crippen LogP contribution in [-0.2, 0) is 12.8 Å². The molecule has 0 amide bonds. The van der Waals surface area contributed by atoms with E-state index in [1.807, 2.05) is 0 Å². The van der Waals surface area contributed by atoms with Crippen molar-refractivity contribution in [1.29, 1.82) is 0 Å². The van der Waals surface area contributed by atoms with Crippen molar-refractivity contribution in [3.05, 3.63) is 78.9 Å². The fraction of sp³-hybridized carbons (Fsp3) is 0.333. The lowest BCUT2D eigenvalue weighted by atomic mass is 10.00. The molecule has 0 fully saturated rings. The molecule has 2 aromatic carbocycles. The van der Waals surface area contributed by atoms with E-state index in [2.05, 4.69) is 0 Å². The van der Waals surface area contributed by atoms with Gasteiger partial charge in [-0.05, 0) is 49.9 Å². The Morgan fingerprint density at radius 1 is 0.655 bits per heavy atom. The Morgan fingerprint density at radius 3 is 1.38 bits per heavy atom. The topological polar surface area (TPSA) is 120 Å². The lowest BCUT2D eigenvalue weighted by molar-refractivity contribution is -0.385. The van der Waals surface area contributed by atoms with Gasteiger partial charge in [-0.2, -0.15) is 0 Å². The maximum Gasteiger partial charge on any atom is 0.272 e. The molecule has 0 bridgehead atoms. The number of hydrogen-bond donors (Lipinski definition) is 0. The summed E-state index contributed by atoms with van der Waals surface area (Å²) in [6, 6.07) is 8.72. The van der Waals surface area contributed by atoms with Crippen molar-refractivity contribution in [2.75, 3.05) is 0 Å². The molecule has 8 nitrogen and oxygen atoms in total. The Morgan fingerprint density at radius 2 is 1.03 bits per heavy atom. The van der Waals surface area contributed by atoms with Crippen LogP contribution < -0.4 is 0 Å². The highest BCUT2D eigenvalue weighted by Crippen LogP contribution is 2.24. The number of rotatable bonds is 12. The van der Waals surface area contributed by atoms with E-state index in [4.69, 9.17) is 0 Å². The number of hydrogen-bond acceptors (Lipinski definition) is 6. The summed E-state index contributed by atoms with van der Waals surface area (Å²) in [5, 5.41) is 22.2. The van der Waals surface area contributed by atoms with Gasteiger partial charge < -0.3 is 0 Å². The lowest BCUT2D eigenvalue weighted by Crippen LogP contribution is -1.98. The molecule has 0 unspecified atom stereocenters. The monoisotopic (exact) mass is 398 g/mol. The number of nitrogens with zero attached hydrogens (tertiary/aromatic N) is 2. The van der Waals surface area contributed by atoms with Crippen LogP contribution in [0.2, 0.25) is 0 Å². The Labute approximate surface area is 167 Å².